The van der Waals surface area contributed by atoms with Crippen molar-refractivity contribution in [1.29, 1.82) is 0 Å². The molecule has 42 heavy (non-hydrogen) atoms. The Kier molecular flexibility index (Phi) is 11.5. The zero-order valence-corrected chi connectivity index (χ0v) is 24.7. The van der Waals surface area contributed by atoms with Crippen LogP contribution in [0.5, 0.6) is 5.75 Å². The Morgan fingerprint density at radius 1 is 1.19 bits per heavy atom. The maximum Gasteiger partial charge on any atom is 0.247 e. The van der Waals surface area contributed by atoms with Crippen LogP contribution in [0.3, 0.4) is 0 Å². The highest BCUT2D eigenvalue weighted by Gasteiger charge is 2.45. The van der Waals surface area contributed by atoms with Crippen LogP contribution >= 0.6 is 0 Å². The van der Waals surface area contributed by atoms with Crippen molar-refractivity contribution >= 4 is 17.7 Å². The first-order valence-electron chi connectivity index (χ1n) is 15.0. The van der Waals surface area contributed by atoms with Crippen molar-refractivity contribution in [2.24, 2.45) is 23.5 Å². The first-order valence-corrected chi connectivity index (χ1v) is 15.0. The predicted molar refractivity (Wildman–Crippen MR) is 155 cm³/mol. The van der Waals surface area contributed by atoms with Gasteiger partial charge in [-0.25, -0.2) is 5.48 Å². The van der Waals surface area contributed by atoms with Crippen molar-refractivity contribution < 1.29 is 29.1 Å². The maximum absolute atomic E-state index is 13.8. The minimum atomic E-state index is -0.888. The quantitative estimate of drug-likeness (QED) is 0.0691. The average molecular weight is 590 g/mol. The number of hydroxylamine groups is 1. The average Bonchev–Trinajstić information content (AvgIpc) is 3.90. The Morgan fingerprint density at radius 2 is 1.93 bits per heavy atom. The van der Waals surface area contributed by atoms with E-state index in [4.69, 9.17) is 15.2 Å². The lowest BCUT2D eigenvalue weighted by Crippen LogP contribution is -2.54. The minimum absolute atomic E-state index is 0.0254. The summed E-state index contributed by atoms with van der Waals surface area (Å²) < 4.78 is 11.6. The van der Waals surface area contributed by atoms with Gasteiger partial charge < -0.3 is 25.8 Å². The van der Waals surface area contributed by atoms with Gasteiger partial charge in [0.2, 0.25) is 17.7 Å². The van der Waals surface area contributed by atoms with Gasteiger partial charge in [0.05, 0.1) is 30.9 Å². The number of rotatable bonds is 12. The van der Waals surface area contributed by atoms with Gasteiger partial charge in [-0.15, -0.1) is 0 Å². The summed E-state index contributed by atoms with van der Waals surface area (Å²) in [5.74, 6) is -2.06. The van der Waals surface area contributed by atoms with E-state index in [0.717, 1.165) is 18.5 Å². The second-order valence-corrected chi connectivity index (χ2v) is 11.9. The molecule has 13 heteroatoms. The number of ether oxygens (including phenoxy) is 2. The van der Waals surface area contributed by atoms with Crippen LogP contribution < -0.4 is 42.5 Å². The van der Waals surface area contributed by atoms with Crippen LogP contribution in [0.15, 0.2) is 24.3 Å². The molecule has 4 heterocycles. The Morgan fingerprint density at radius 3 is 2.55 bits per heavy atom. The zero-order valence-electron chi connectivity index (χ0n) is 24.7. The normalized spacial score (nSPS) is 30.0. The van der Waals surface area contributed by atoms with Gasteiger partial charge in [-0.05, 0) is 69.3 Å². The molecule has 2 bridgehead atoms. The number of carbonyl (C=O) groups is 3. The molecule has 0 radical (unpaired) electrons. The number of nitrogens with one attached hydrogen (secondary N) is 6. The minimum Gasteiger partial charge on any atom is -0.494 e. The van der Waals surface area contributed by atoms with Crippen LogP contribution in [-0.2, 0) is 25.5 Å². The molecule has 4 unspecified atom stereocenters. The molecule has 0 saturated carbocycles. The van der Waals surface area contributed by atoms with Gasteiger partial charge in [-0.1, -0.05) is 26.0 Å². The molecule has 3 amide bonds. The lowest BCUT2D eigenvalue weighted by Gasteiger charge is -2.29. The van der Waals surface area contributed by atoms with Gasteiger partial charge in [0.25, 0.3) is 0 Å². The molecule has 5 rings (SSSR count). The summed E-state index contributed by atoms with van der Waals surface area (Å²) in [6, 6.07) is 6.30. The fraction of sp³-hybridized carbons (Fsp3) is 0.690. The maximum atomic E-state index is 13.8. The third-order valence-electron chi connectivity index (χ3n) is 8.13. The molecular formula is C29H47N7O6. The number of likely N-dealkylation sites (N-methyl/N-ethyl adjacent to an activating group) is 1. The molecule has 0 spiro atoms. The molecule has 1 aromatic rings. The predicted octanol–water partition coefficient (Wildman–Crippen LogP) is -0.317. The van der Waals surface area contributed by atoms with E-state index in [1.807, 2.05) is 45.2 Å². The summed E-state index contributed by atoms with van der Waals surface area (Å²) in [5, 5.41) is 25.1. The van der Waals surface area contributed by atoms with Crippen molar-refractivity contribution in [3.63, 3.8) is 0 Å². The number of epoxide rings is 1. The van der Waals surface area contributed by atoms with Crippen molar-refractivity contribution in [1.82, 2.24) is 32.1 Å². The molecule has 1 aromatic carbocycles. The number of hydrogen-bond donors (Lipinski definition) is 8. The highest BCUT2D eigenvalue weighted by molar-refractivity contribution is 5.91. The monoisotopic (exact) mass is 589 g/mol. The molecule has 2 fully saturated rings. The molecule has 4 aliphatic heterocycles. The van der Waals surface area contributed by atoms with E-state index in [1.54, 1.807) is 5.48 Å². The molecule has 9 N–H and O–H groups in total. The van der Waals surface area contributed by atoms with E-state index >= 15 is 0 Å². The third-order valence-corrected chi connectivity index (χ3v) is 8.13. The Balaban J connectivity index is 1.52. The van der Waals surface area contributed by atoms with Crippen molar-refractivity contribution in [3.8, 4) is 5.75 Å². The van der Waals surface area contributed by atoms with E-state index in [-0.39, 0.29) is 49.0 Å². The molecule has 0 aromatic heterocycles. The number of hydrogen-bond acceptors (Lipinski definition) is 10. The first kappa shape index (κ1) is 32.1. The number of fused-ring (bicyclic) bond motifs is 11. The molecule has 13 nitrogen and oxygen atoms in total. The summed E-state index contributed by atoms with van der Waals surface area (Å²) in [4.78, 5) is 40.4. The van der Waals surface area contributed by atoms with Crippen LogP contribution in [0.1, 0.15) is 51.5 Å². The van der Waals surface area contributed by atoms with E-state index in [2.05, 4.69) is 26.6 Å². The van der Waals surface area contributed by atoms with Gasteiger partial charge in [0.15, 0.2) is 0 Å². The van der Waals surface area contributed by atoms with Crippen molar-refractivity contribution in [2.75, 3.05) is 20.2 Å². The lowest BCUT2D eigenvalue weighted by molar-refractivity contribution is -0.142. The molecular weight excluding hydrogens is 542 g/mol. The number of benzene rings is 1. The fourth-order valence-electron chi connectivity index (χ4n) is 5.68. The van der Waals surface area contributed by atoms with E-state index in [0.29, 0.717) is 38.0 Å². The molecule has 2 saturated heterocycles. The van der Waals surface area contributed by atoms with Crippen LogP contribution in [0.25, 0.3) is 0 Å². The first-order chi connectivity index (χ1) is 20.2. The smallest absolute Gasteiger partial charge is 0.247 e. The molecule has 8 atom stereocenters. The van der Waals surface area contributed by atoms with Gasteiger partial charge in [-0.3, -0.25) is 35.5 Å². The Hall–Kier alpha value is -2.81. The summed E-state index contributed by atoms with van der Waals surface area (Å²) >= 11 is 0. The second-order valence-electron chi connectivity index (χ2n) is 11.9. The standard InChI is InChI=1S/C29H47N7O6/c1-16(2)14-20-19(27(38)36-40)6-5-13-41-18-10-8-17(9-11-18)15-22(34-26(20)37)28(39)33-21(23-29(31-3)42-23)7-4-12-32-25-24(30)35-25/h8-11,16,19-25,29,31-32,35,40H,4-7,12-15,30H2,1-3H3,(H,33,39)(H,34,37)(H,36,38)/t19-,20+,21-,22-,23?,24?,25?,29?/m0/s1. The lowest BCUT2D eigenvalue weighted by atomic mass is 9.81. The number of nitrogens with two attached hydrogens (primary N) is 1. The fourth-order valence-corrected chi connectivity index (χ4v) is 5.68. The second kappa shape index (κ2) is 15.1. The van der Waals surface area contributed by atoms with Crippen molar-refractivity contribution in [3.05, 3.63) is 29.8 Å². The third kappa shape index (κ3) is 9.09. The summed E-state index contributed by atoms with van der Waals surface area (Å²) in [6.07, 6.45) is 2.75. The van der Waals surface area contributed by atoms with Crippen LogP contribution in [-0.4, -0.2) is 79.9 Å². The molecule has 0 aliphatic carbocycles. The van der Waals surface area contributed by atoms with Crippen LogP contribution in [0.4, 0.5) is 0 Å². The zero-order chi connectivity index (χ0) is 30.2. The Labute approximate surface area is 247 Å². The number of amides is 3. The van der Waals surface area contributed by atoms with Gasteiger partial charge in [0.1, 0.15) is 24.1 Å². The summed E-state index contributed by atoms with van der Waals surface area (Å²) in [7, 11) is 1.81. The highest BCUT2D eigenvalue weighted by atomic mass is 16.6. The summed E-state index contributed by atoms with van der Waals surface area (Å²) in [5.41, 5.74) is 8.39. The van der Waals surface area contributed by atoms with E-state index in [9.17, 15) is 19.6 Å². The SMILES string of the molecule is CNC1OC1[C@H](CCCNC1NC1N)NC(=O)[C@@H]1Cc2ccc(cc2)OCCC[C@H](C(=O)NO)[C@@H](CC(C)C)C(=O)N1. The molecule has 234 valence electrons. The molecule has 4 aliphatic rings. The van der Waals surface area contributed by atoms with Crippen molar-refractivity contribution in [2.45, 2.75) is 89.1 Å². The van der Waals surface area contributed by atoms with Crippen LogP contribution in [0, 0.1) is 17.8 Å². The Bertz CT molecular complexity index is 1060. The largest absolute Gasteiger partial charge is 0.494 e. The summed E-state index contributed by atoms with van der Waals surface area (Å²) in [6.45, 7) is 5.05. The number of carbonyl (C=O) groups excluding carboxylic acids is 3. The van der Waals surface area contributed by atoms with Gasteiger partial charge in [-0.2, -0.15) is 0 Å². The van der Waals surface area contributed by atoms with E-state index in [1.165, 1.54) is 0 Å². The van der Waals surface area contributed by atoms with Crippen LogP contribution in [0.2, 0.25) is 0 Å². The topological polar surface area (TPSA) is 201 Å². The highest BCUT2D eigenvalue weighted by Crippen LogP contribution is 2.28. The van der Waals surface area contributed by atoms with E-state index < -0.39 is 29.7 Å². The van der Waals surface area contributed by atoms with Gasteiger partial charge in [0, 0.05) is 12.3 Å². The van der Waals surface area contributed by atoms with Gasteiger partial charge >= 0.3 is 0 Å².